The molecule has 7 nitrogen and oxygen atoms in total. The minimum atomic E-state index is -0.444. The predicted molar refractivity (Wildman–Crippen MR) is 118 cm³/mol. The van der Waals surface area contributed by atoms with Crippen LogP contribution in [-0.2, 0) is 0 Å². The van der Waals surface area contributed by atoms with E-state index in [1.165, 1.54) is 23.5 Å². The SMILES string of the molecule is O=[N+]([O-])c1ccc(Oc2ccc(C=NNc3nc(-c4ccccc4)cs3)cc2)cc1. The summed E-state index contributed by atoms with van der Waals surface area (Å²) in [6.45, 7) is 0. The number of nitrogens with one attached hydrogen (secondary N) is 1. The summed E-state index contributed by atoms with van der Waals surface area (Å²) in [5, 5.41) is 17.6. The largest absolute Gasteiger partial charge is 0.457 e. The second-order valence-electron chi connectivity index (χ2n) is 6.20. The zero-order valence-corrected chi connectivity index (χ0v) is 16.5. The van der Waals surface area contributed by atoms with E-state index in [1.54, 1.807) is 30.5 Å². The maximum Gasteiger partial charge on any atom is 0.269 e. The van der Waals surface area contributed by atoms with E-state index in [0.717, 1.165) is 16.8 Å². The fourth-order valence-corrected chi connectivity index (χ4v) is 3.29. The summed E-state index contributed by atoms with van der Waals surface area (Å²) in [5.74, 6) is 1.16. The number of hydrogen-bond donors (Lipinski definition) is 1. The van der Waals surface area contributed by atoms with Crippen molar-refractivity contribution in [2.45, 2.75) is 0 Å². The lowest BCUT2D eigenvalue weighted by atomic mass is 10.2. The van der Waals surface area contributed by atoms with Crippen LogP contribution in [0.1, 0.15) is 5.56 Å². The van der Waals surface area contributed by atoms with Gasteiger partial charge in [-0.2, -0.15) is 5.10 Å². The number of thiazole rings is 1. The van der Waals surface area contributed by atoms with Crippen LogP contribution in [0.3, 0.4) is 0 Å². The highest BCUT2D eigenvalue weighted by Gasteiger charge is 2.05. The number of anilines is 1. The minimum absolute atomic E-state index is 0.0255. The number of nitro groups is 1. The number of non-ortho nitro benzene ring substituents is 1. The predicted octanol–water partition coefficient (Wildman–Crippen LogP) is 5.96. The molecule has 1 aromatic heterocycles. The van der Waals surface area contributed by atoms with Gasteiger partial charge in [0, 0.05) is 23.1 Å². The molecule has 0 saturated carbocycles. The Kier molecular flexibility index (Phi) is 5.77. The van der Waals surface area contributed by atoms with Crippen LogP contribution in [0.4, 0.5) is 10.8 Å². The quantitative estimate of drug-likeness (QED) is 0.228. The fourth-order valence-electron chi connectivity index (χ4n) is 2.62. The van der Waals surface area contributed by atoms with E-state index in [9.17, 15) is 10.1 Å². The van der Waals surface area contributed by atoms with Crippen LogP contribution >= 0.6 is 11.3 Å². The van der Waals surface area contributed by atoms with Gasteiger partial charge in [0.25, 0.3) is 5.69 Å². The highest BCUT2D eigenvalue weighted by Crippen LogP contribution is 2.25. The zero-order chi connectivity index (χ0) is 20.8. The number of nitro benzene ring substituents is 1. The van der Waals surface area contributed by atoms with E-state index < -0.39 is 4.92 Å². The van der Waals surface area contributed by atoms with Crippen LogP contribution in [0.15, 0.2) is 89.3 Å². The van der Waals surface area contributed by atoms with Crippen LogP contribution in [0.25, 0.3) is 11.3 Å². The van der Waals surface area contributed by atoms with Gasteiger partial charge in [0.1, 0.15) is 11.5 Å². The molecule has 0 spiro atoms. The number of benzene rings is 3. The molecule has 0 fully saturated rings. The van der Waals surface area contributed by atoms with Gasteiger partial charge in [0.2, 0.25) is 5.13 Å². The van der Waals surface area contributed by atoms with Crippen LogP contribution < -0.4 is 10.2 Å². The molecule has 0 atom stereocenters. The van der Waals surface area contributed by atoms with E-state index in [-0.39, 0.29) is 5.69 Å². The smallest absolute Gasteiger partial charge is 0.269 e. The molecular formula is C22H16N4O3S. The topological polar surface area (TPSA) is 89.7 Å². The Morgan fingerprint density at radius 2 is 1.63 bits per heavy atom. The number of ether oxygens (including phenoxy) is 1. The van der Waals surface area contributed by atoms with Crippen molar-refractivity contribution in [2.24, 2.45) is 5.10 Å². The van der Waals surface area contributed by atoms with Gasteiger partial charge >= 0.3 is 0 Å². The van der Waals surface area contributed by atoms with Crippen LogP contribution in [0.2, 0.25) is 0 Å². The van der Waals surface area contributed by atoms with Gasteiger partial charge in [-0.25, -0.2) is 4.98 Å². The molecule has 4 rings (SSSR count). The molecule has 4 aromatic rings. The minimum Gasteiger partial charge on any atom is -0.457 e. The summed E-state index contributed by atoms with van der Waals surface area (Å²) in [4.78, 5) is 14.8. The number of hydrogen-bond acceptors (Lipinski definition) is 7. The molecule has 0 aliphatic rings. The first kappa shape index (κ1) is 19.3. The van der Waals surface area contributed by atoms with Crippen molar-refractivity contribution in [1.82, 2.24) is 4.98 Å². The molecular weight excluding hydrogens is 400 g/mol. The third-order valence-electron chi connectivity index (χ3n) is 4.11. The van der Waals surface area contributed by atoms with Gasteiger partial charge in [-0.05, 0) is 42.0 Å². The van der Waals surface area contributed by atoms with Crippen LogP contribution in [0.5, 0.6) is 11.5 Å². The first-order valence-corrected chi connectivity index (χ1v) is 9.88. The number of rotatable bonds is 7. The van der Waals surface area contributed by atoms with Crippen LogP contribution in [0, 0.1) is 10.1 Å². The Labute approximate surface area is 176 Å². The van der Waals surface area contributed by atoms with Crippen molar-refractivity contribution in [2.75, 3.05) is 5.43 Å². The molecule has 0 bridgehead atoms. The van der Waals surface area contributed by atoms with Gasteiger partial charge in [-0.3, -0.25) is 15.5 Å². The summed E-state index contributed by atoms with van der Waals surface area (Å²) in [6, 6.07) is 23.2. The first-order valence-electron chi connectivity index (χ1n) is 9.00. The summed E-state index contributed by atoms with van der Waals surface area (Å²) >= 11 is 1.49. The normalized spacial score (nSPS) is 10.8. The number of nitrogens with zero attached hydrogens (tertiary/aromatic N) is 3. The fraction of sp³-hybridized carbons (Fsp3) is 0. The van der Waals surface area contributed by atoms with Crippen LogP contribution in [-0.4, -0.2) is 16.1 Å². The van der Waals surface area contributed by atoms with Crippen molar-refractivity contribution < 1.29 is 9.66 Å². The monoisotopic (exact) mass is 416 g/mol. The lowest BCUT2D eigenvalue weighted by molar-refractivity contribution is -0.384. The molecule has 30 heavy (non-hydrogen) atoms. The van der Waals surface area contributed by atoms with E-state index in [1.807, 2.05) is 47.8 Å². The van der Waals surface area contributed by atoms with Gasteiger partial charge in [0.15, 0.2) is 0 Å². The molecule has 0 aliphatic heterocycles. The summed E-state index contributed by atoms with van der Waals surface area (Å²) in [6.07, 6.45) is 1.69. The van der Waals surface area contributed by atoms with Gasteiger partial charge in [-0.1, -0.05) is 30.3 Å². The second kappa shape index (κ2) is 8.97. The van der Waals surface area contributed by atoms with E-state index >= 15 is 0 Å². The number of hydrazone groups is 1. The average Bonchev–Trinajstić information content (AvgIpc) is 3.25. The van der Waals surface area contributed by atoms with Gasteiger partial charge in [-0.15, -0.1) is 11.3 Å². The Morgan fingerprint density at radius 1 is 0.967 bits per heavy atom. The lowest BCUT2D eigenvalue weighted by Gasteiger charge is -2.05. The average molecular weight is 416 g/mol. The lowest BCUT2D eigenvalue weighted by Crippen LogP contribution is -1.91. The molecule has 8 heteroatoms. The van der Waals surface area contributed by atoms with Crippen molar-refractivity contribution in [3.63, 3.8) is 0 Å². The Morgan fingerprint density at radius 3 is 2.30 bits per heavy atom. The van der Waals surface area contributed by atoms with Crippen molar-refractivity contribution >= 4 is 28.4 Å². The van der Waals surface area contributed by atoms with Crippen molar-refractivity contribution in [3.8, 4) is 22.8 Å². The maximum absolute atomic E-state index is 10.7. The Balaban J connectivity index is 1.34. The summed E-state index contributed by atoms with van der Waals surface area (Å²) in [7, 11) is 0. The van der Waals surface area contributed by atoms with Crippen molar-refractivity contribution in [1.29, 1.82) is 0 Å². The standard InChI is InChI=1S/C22H16N4O3S/c27-26(28)18-8-12-20(13-9-18)29-19-10-6-16(7-11-19)14-23-25-22-24-21(15-30-22)17-4-2-1-3-5-17/h1-15H,(H,24,25). The highest BCUT2D eigenvalue weighted by atomic mass is 32.1. The summed E-state index contributed by atoms with van der Waals surface area (Å²) in [5.41, 5.74) is 5.83. The molecule has 0 aliphatic carbocycles. The van der Waals surface area contributed by atoms with Gasteiger partial charge < -0.3 is 4.74 Å². The zero-order valence-electron chi connectivity index (χ0n) is 15.6. The number of aromatic nitrogens is 1. The summed E-state index contributed by atoms with van der Waals surface area (Å²) < 4.78 is 5.70. The Bertz CT molecular complexity index is 1160. The first-order chi connectivity index (χ1) is 14.7. The molecule has 0 unspecified atom stereocenters. The van der Waals surface area contributed by atoms with E-state index in [4.69, 9.17) is 4.74 Å². The molecule has 3 aromatic carbocycles. The van der Waals surface area contributed by atoms with E-state index in [0.29, 0.717) is 16.6 Å². The third-order valence-corrected chi connectivity index (χ3v) is 4.86. The molecule has 0 radical (unpaired) electrons. The third kappa shape index (κ3) is 4.86. The maximum atomic E-state index is 10.7. The molecule has 1 heterocycles. The highest BCUT2D eigenvalue weighted by molar-refractivity contribution is 7.14. The van der Waals surface area contributed by atoms with E-state index in [2.05, 4.69) is 15.5 Å². The Hall–Kier alpha value is -4.04. The molecule has 0 saturated heterocycles. The molecule has 0 amide bonds. The molecule has 148 valence electrons. The second-order valence-corrected chi connectivity index (χ2v) is 7.05. The van der Waals surface area contributed by atoms with Gasteiger partial charge in [0.05, 0.1) is 16.8 Å². The van der Waals surface area contributed by atoms with Crippen molar-refractivity contribution in [3.05, 3.63) is 99.9 Å². The molecule has 1 N–H and O–H groups in total.